The molecule has 4 rings (SSSR count). The van der Waals surface area contributed by atoms with E-state index in [-0.39, 0.29) is 42.1 Å². The maximum absolute atomic E-state index is 13.4. The first-order valence-corrected chi connectivity index (χ1v) is 12.4. The minimum atomic E-state index is -1.00. The summed E-state index contributed by atoms with van der Waals surface area (Å²) in [6, 6.07) is 12.7. The number of rotatable bonds is 7. The molecule has 1 aliphatic carbocycles. The summed E-state index contributed by atoms with van der Waals surface area (Å²) in [6.45, 7) is 8.85. The van der Waals surface area contributed by atoms with Crippen molar-refractivity contribution in [2.75, 3.05) is 13.2 Å². The summed E-state index contributed by atoms with van der Waals surface area (Å²) in [4.78, 5) is 25.8. The number of nitriles is 1. The van der Waals surface area contributed by atoms with Crippen molar-refractivity contribution >= 4 is 23.5 Å². The van der Waals surface area contributed by atoms with Gasteiger partial charge in [0.25, 0.3) is 5.91 Å². The van der Waals surface area contributed by atoms with E-state index < -0.39 is 5.97 Å². The average Bonchev–Trinajstić information content (AvgIpc) is 3.13. The van der Waals surface area contributed by atoms with Gasteiger partial charge in [0.2, 0.25) is 0 Å². The fourth-order valence-corrected chi connectivity index (χ4v) is 6.30. The van der Waals surface area contributed by atoms with E-state index in [0.29, 0.717) is 34.9 Å². The van der Waals surface area contributed by atoms with Gasteiger partial charge >= 0.3 is 5.97 Å². The van der Waals surface area contributed by atoms with Crippen LogP contribution in [0, 0.1) is 34.0 Å². The number of carbonyl (C=O) groups excluding carboxylic acids is 1. The molecule has 1 saturated carbocycles. The molecule has 2 aliphatic rings. The molecule has 0 aromatic heterocycles. The largest absolute Gasteiger partial charge is 0.489 e. The third kappa shape index (κ3) is 5.03. The molecule has 2 aromatic carbocycles. The van der Waals surface area contributed by atoms with Crippen molar-refractivity contribution in [3.63, 3.8) is 0 Å². The molecule has 1 amide bonds. The molecule has 0 bridgehead atoms. The molecule has 0 unspecified atom stereocenters. The van der Waals surface area contributed by atoms with Crippen LogP contribution in [0.15, 0.2) is 36.4 Å². The predicted molar refractivity (Wildman–Crippen MR) is 138 cm³/mol. The van der Waals surface area contributed by atoms with Crippen molar-refractivity contribution in [3.05, 3.63) is 63.7 Å². The predicted octanol–water partition coefficient (Wildman–Crippen LogP) is 4.89. The van der Waals surface area contributed by atoms with Crippen LogP contribution < -0.4 is 4.74 Å². The molecular formula is C29H29ClN2O5. The Balaban J connectivity index is 1.46. The normalized spacial score (nSPS) is 20.8. The molecule has 0 atom stereocenters. The molecule has 0 spiro atoms. The van der Waals surface area contributed by atoms with E-state index >= 15 is 0 Å². The number of hydrogen-bond donors (Lipinski definition) is 1. The van der Waals surface area contributed by atoms with Gasteiger partial charge in [-0.25, -0.2) is 4.79 Å². The van der Waals surface area contributed by atoms with Crippen molar-refractivity contribution in [1.82, 2.24) is 4.90 Å². The van der Waals surface area contributed by atoms with Gasteiger partial charge < -0.3 is 19.5 Å². The summed E-state index contributed by atoms with van der Waals surface area (Å²) in [5.74, 6) is 5.66. The zero-order valence-electron chi connectivity index (χ0n) is 21.3. The van der Waals surface area contributed by atoms with Crippen LogP contribution >= 0.6 is 11.6 Å². The quantitative estimate of drug-likeness (QED) is 0.412. The molecule has 8 heteroatoms. The summed E-state index contributed by atoms with van der Waals surface area (Å²) in [7, 11) is 0. The van der Waals surface area contributed by atoms with Gasteiger partial charge in [-0.15, -0.1) is 0 Å². The van der Waals surface area contributed by atoms with Crippen LogP contribution in [0.3, 0.4) is 0 Å². The van der Waals surface area contributed by atoms with Gasteiger partial charge in [-0.05, 0) is 35.9 Å². The molecule has 7 nitrogen and oxygen atoms in total. The van der Waals surface area contributed by atoms with Gasteiger partial charge in [0, 0.05) is 47.0 Å². The number of hydrogen-bond acceptors (Lipinski definition) is 5. The smallest absolute Gasteiger partial charge is 0.329 e. The fourth-order valence-electron chi connectivity index (χ4n) is 6.09. The minimum Gasteiger partial charge on any atom is -0.489 e. The molecule has 0 radical (unpaired) electrons. The Morgan fingerprint density at radius 2 is 1.92 bits per heavy atom. The Labute approximate surface area is 221 Å². The number of benzene rings is 2. The Hall–Kier alpha value is -3.52. The van der Waals surface area contributed by atoms with Crippen LogP contribution in [0.1, 0.15) is 61.2 Å². The SMILES string of the molecule is CC1(C)C(Oc2ccc(C#N)c(Cl)c2)C(C)(C)C1N1Cc2cc(C#CCCOCC(=O)O)ccc2C1=O. The van der Waals surface area contributed by atoms with E-state index in [0.717, 1.165) is 11.1 Å². The maximum Gasteiger partial charge on any atom is 0.329 e. The summed E-state index contributed by atoms with van der Waals surface area (Å²) in [6.07, 6.45) is 0.251. The molecule has 192 valence electrons. The first-order valence-electron chi connectivity index (χ1n) is 12.1. The van der Waals surface area contributed by atoms with E-state index in [1.165, 1.54) is 0 Å². The number of nitrogens with zero attached hydrogens (tertiary/aromatic N) is 2. The fraction of sp³-hybridized carbons (Fsp3) is 0.414. The first kappa shape index (κ1) is 26.5. The number of ether oxygens (including phenoxy) is 2. The van der Waals surface area contributed by atoms with E-state index in [1.54, 1.807) is 18.2 Å². The lowest BCUT2D eigenvalue weighted by molar-refractivity contribution is -0.199. The second-order valence-electron chi connectivity index (χ2n) is 10.6. The molecule has 1 fully saturated rings. The standard InChI is InChI=1S/C29H29ClN2O5/c1-28(2)26(29(3,4)27(28)37-21-10-9-19(15-31)23(30)14-21)32-16-20-13-18(8-11-22(20)25(32)35)7-5-6-12-36-17-24(33)34/h8-11,13-14,26-27H,6,12,16-17H2,1-4H3,(H,33,34). The van der Waals surface area contributed by atoms with Crippen molar-refractivity contribution in [3.8, 4) is 23.7 Å². The highest BCUT2D eigenvalue weighted by molar-refractivity contribution is 6.31. The summed E-state index contributed by atoms with van der Waals surface area (Å²) < 4.78 is 11.4. The number of halogens is 1. The number of aliphatic carboxylic acids is 1. The number of carboxylic acids is 1. The molecule has 2 aromatic rings. The third-order valence-corrected chi connectivity index (χ3v) is 7.47. The van der Waals surface area contributed by atoms with Crippen LogP contribution in [0.25, 0.3) is 0 Å². The molecule has 37 heavy (non-hydrogen) atoms. The van der Waals surface area contributed by atoms with Crippen LogP contribution in [0.5, 0.6) is 5.75 Å². The lowest BCUT2D eigenvalue weighted by Gasteiger charge is -2.65. The van der Waals surface area contributed by atoms with E-state index in [1.807, 2.05) is 23.1 Å². The molecule has 1 N–H and O–H groups in total. The monoisotopic (exact) mass is 520 g/mol. The van der Waals surface area contributed by atoms with Gasteiger partial charge in [0.1, 0.15) is 24.5 Å². The Morgan fingerprint density at radius 1 is 1.19 bits per heavy atom. The average molecular weight is 521 g/mol. The first-order chi connectivity index (χ1) is 17.5. The summed E-state index contributed by atoms with van der Waals surface area (Å²) in [5, 5.41) is 18.1. The highest BCUT2D eigenvalue weighted by Gasteiger charge is 2.66. The van der Waals surface area contributed by atoms with Gasteiger partial charge in [0.15, 0.2) is 0 Å². The van der Waals surface area contributed by atoms with Gasteiger partial charge in [-0.1, -0.05) is 51.1 Å². The second-order valence-corrected chi connectivity index (χ2v) is 11.0. The van der Waals surface area contributed by atoms with E-state index in [9.17, 15) is 9.59 Å². The van der Waals surface area contributed by atoms with Crippen LogP contribution in [0.2, 0.25) is 5.02 Å². The van der Waals surface area contributed by atoms with Gasteiger partial charge in [-0.2, -0.15) is 5.26 Å². The molecular weight excluding hydrogens is 492 g/mol. The van der Waals surface area contributed by atoms with Crippen LogP contribution in [-0.4, -0.2) is 47.2 Å². The number of carboxylic acid groups (broad SMARTS) is 1. The molecule has 1 heterocycles. The Bertz CT molecular complexity index is 1330. The van der Waals surface area contributed by atoms with Crippen molar-refractivity contribution < 1.29 is 24.2 Å². The number of fused-ring (bicyclic) bond motifs is 1. The lowest BCUT2D eigenvalue weighted by atomic mass is 9.49. The Kier molecular flexibility index (Phi) is 7.24. The summed E-state index contributed by atoms with van der Waals surface area (Å²) >= 11 is 6.20. The highest BCUT2D eigenvalue weighted by atomic mass is 35.5. The lowest BCUT2D eigenvalue weighted by Crippen LogP contribution is -2.74. The van der Waals surface area contributed by atoms with Crippen molar-refractivity contribution in [2.24, 2.45) is 10.8 Å². The maximum atomic E-state index is 13.4. The molecule has 1 aliphatic heterocycles. The summed E-state index contributed by atoms with van der Waals surface area (Å²) in [5.41, 5.74) is 2.16. The van der Waals surface area contributed by atoms with Crippen LogP contribution in [-0.2, 0) is 16.1 Å². The second kappa shape index (κ2) is 10.1. The zero-order chi connectivity index (χ0) is 27.0. The highest BCUT2D eigenvalue weighted by Crippen LogP contribution is 2.59. The third-order valence-electron chi connectivity index (χ3n) is 7.15. The molecule has 0 saturated heterocycles. The van der Waals surface area contributed by atoms with E-state index in [4.69, 9.17) is 31.4 Å². The number of amides is 1. The minimum absolute atomic E-state index is 0.00240. The zero-order valence-corrected chi connectivity index (χ0v) is 22.1. The van der Waals surface area contributed by atoms with Crippen molar-refractivity contribution in [1.29, 1.82) is 5.26 Å². The topological polar surface area (TPSA) is 99.9 Å². The van der Waals surface area contributed by atoms with Gasteiger partial charge in [0.05, 0.1) is 17.2 Å². The number of carbonyl (C=O) groups is 2. The Morgan fingerprint density at radius 3 is 2.57 bits per heavy atom. The van der Waals surface area contributed by atoms with Gasteiger partial charge in [-0.3, -0.25) is 4.79 Å². The van der Waals surface area contributed by atoms with Crippen LogP contribution in [0.4, 0.5) is 0 Å². The van der Waals surface area contributed by atoms with Crippen molar-refractivity contribution in [2.45, 2.75) is 52.8 Å². The van der Waals surface area contributed by atoms with E-state index in [2.05, 4.69) is 45.6 Å².